The lowest BCUT2D eigenvalue weighted by atomic mass is 10.0. The first-order chi connectivity index (χ1) is 12.4. The van der Waals surface area contributed by atoms with E-state index in [0.29, 0.717) is 16.8 Å². The largest absolute Gasteiger partial charge is 0.454 e. The van der Waals surface area contributed by atoms with Crippen LogP contribution in [0, 0.1) is 5.92 Å². The van der Waals surface area contributed by atoms with Crippen LogP contribution in [-0.4, -0.2) is 34.1 Å². The van der Waals surface area contributed by atoms with Crippen molar-refractivity contribution < 1.29 is 14.3 Å². The van der Waals surface area contributed by atoms with Gasteiger partial charge in [0.15, 0.2) is 6.61 Å². The average molecular weight is 359 g/mol. The van der Waals surface area contributed by atoms with Gasteiger partial charge in [0.2, 0.25) is 0 Å². The average Bonchev–Trinajstić information content (AvgIpc) is 2.61. The Labute approximate surface area is 152 Å². The molecule has 0 bridgehead atoms. The topological polar surface area (TPSA) is 90.3 Å². The first kappa shape index (κ1) is 19.6. The second-order valence-electron chi connectivity index (χ2n) is 6.80. The zero-order valence-corrected chi connectivity index (χ0v) is 15.4. The number of hydrogen-bond acceptors (Lipinski definition) is 5. The van der Waals surface area contributed by atoms with Crippen molar-refractivity contribution in [2.24, 2.45) is 5.92 Å². The van der Waals surface area contributed by atoms with E-state index in [2.05, 4.69) is 24.1 Å². The zero-order chi connectivity index (χ0) is 19.1. The van der Waals surface area contributed by atoms with Crippen LogP contribution < -0.4 is 10.9 Å². The first-order valence-corrected chi connectivity index (χ1v) is 8.76. The number of benzene rings is 1. The number of carbonyl (C=O) groups excluding carboxylic acids is 2. The fourth-order valence-electron chi connectivity index (χ4n) is 2.52. The molecule has 1 amide bonds. The van der Waals surface area contributed by atoms with E-state index in [9.17, 15) is 14.4 Å². The molecule has 0 aliphatic rings. The van der Waals surface area contributed by atoms with E-state index in [-0.39, 0.29) is 30.7 Å². The number of aromatic nitrogens is 2. The smallest absolute Gasteiger partial charge is 0.326 e. The molecule has 0 saturated carbocycles. The number of hydrogen-bond donors (Lipinski definition) is 1. The van der Waals surface area contributed by atoms with Crippen molar-refractivity contribution in [3.8, 4) is 0 Å². The van der Waals surface area contributed by atoms with Crippen molar-refractivity contribution in [2.75, 3.05) is 6.61 Å². The van der Waals surface area contributed by atoms with Gasteiger partial charge in [0, 0.05) is 6.04 Å². The van der Waals surface area contributed by atoms with Gasteiger partial charge in [-0.05, 0) is 37.8 Å². The van der Waals surface area contributed by atoms with E-state index < -0.39 is 5.97 Å². The second kappa shape index (κ2) is 9.12. The fourth-order valence-corrected chi connectivity index (χ4v) is 2.52. The van der Waals surface area contributed by atoms with Crippen molar-refractivity contribution in [1.29, 1.82) is 0 Å². The molecule has 1 atom stereocenters. The molecule has 1 heterocycles. The highest BCUT2D eigenvalue weighted by Crippen LogP contribution is 2.06. The molecule has 2 aromatic rings. The molecule has 1 N–H and O–H groups in total. The quantitative estimate of drug-likeness (QED) is 0.727. The van der Waals surface area contributed by atoms with E-state index >= 15 is 0 Å². The third kappa shape index (κ3) is 5.68. The van der Waals surface area contributed by atoms with Gasteiger partial charge in [-0.3, -0.25) is 19.0 Å². The Morgan fingerprint density at radius 1 is 1.19 bits per heavy atom. The highest BCUT2D eigenvalue weighted by atomic mass is 16.5. The van der Waals surface area contributed by atoms with Gasteiger partial charge < -0.3 is 10.1 Å². The van der Waals surface area contributed by atoms with Crippen LogP contribution in [0.4, 0.5) is 0 Å². The van der Waals surface area contributed by atoms with Gasteiger partial charge in [0.1, 0.15) is 6.54 Å². The number of para-hydroxylation sites is 1. The van der Waals surface area contributed by atoms with Crippen molar-refractivity contribution in [1.82, 2.24) is 14.9 Å². The number of amides is 1. The fraction of sp³-hybridized carbons (Fsp3) is 0.474. The van der Waals surface area contributed by atoms with Crippen molar-refractivity contribution in [2.45, 2.75) is 46.2 Å². The Kier molecular flexibility index (Phi) is 6.89. The van der Waals surface area contributed by atoms with E-state index in [4.69, 9.17) is 4.74 Å². The molecule has 1 aromatic carbocycles. The molecular formula is C19H25N3O4. The summed E-state index contributed by atoms with van der Waals surface area (Å²) in [5.41, 5.74) is 0.246. The number of ether oxygens (including phenoxy) is 1. The lowest BCUT2D eigenvalue weighted by Gasteiger charge is -2.15. The van der Waals surface area contributed by atoms with Crippen molar-refractivity contribution in [3.05, 3.63) is 40.9 Å². The Balaban J connectivity index is 1.84. The van der Waals surface area contributed by atoms with Crippen LogP contribution in [-0.2, 0) is 20.9 Å². The van der Waals surface area contributed by atoms with Crippen LogP contribution in [0.15, 0.2) is 35.4 Å². The number of fused-ring (bicyclic) bond motifs is 1. The predicted molar refractivity (Wildman–Crippen MR) is 98.6 cm³/mol. The van der Waals surface area contributed by atoms with Gasteiger partial charge in [-0.2, -0.15) is 0 Å². The number of nitrogens with zero attached hydrogens (tertiary/aromatic N) is 2. The molecule has 0 radical (unpaired) electrons. The van der Waals surface area contributed by atoms with E-state index in [0.717, 1.165) is 12.8 Å². The summed E-state index contributed by atoms with van der Waals surface area (Å²) in [5.74, 6) is -0.436. The summed E-state index contributed by atoms with van der Waals surface area (Å²) in [6.07, 6.45) is 3.19. The summed E-state index contributed by atoms with van der Waals surface area (Å²) in [7, 11) is 0. The monoisotopic (exact) mass is 359 g/mol. The van der Waals surface area contributed by atoms with Gasteiger partial charge in [0.25, 0.3) is 11.5 Å². The van der Waals surface area contributed by atoms with Crippen LogP contribution in [0.1, 0.15) is 33.6 Å². The Morgan fingerprint density at radius 3 is 2.65 bits per heavy atom. The molecule has 0 fully saturated rings. The van der Waals surface area contributed by atoms with Gasteiger partial charge in [0.05, 0.1) is 17.2 Å². The Morgan fingerprint density at radius 2 is 1.92 bits per heavy atom. The molecule has 0 unspecified atom stereocenters. The number of esters is 1. The van der Waals surface area contributed by atoms with Crippen molar-refractivity contribution in [3.63, 3.8) is 0 Å². The molecule has 0 aliphatic heterocycles. The number of nitrogens with one attached hydrogen (secondary N) is 1. The van der Waals surface area contributed by atoms with E-state index in [1.807, 2.05) is 6.92 Å². The zero-order valence-electron chi connectivity index (χ0n) is 15.4. The molecule has 26 heavy (non-hydrogen) atoms. The minimum Gasteiger partial charge on any atom is -0.454 e. The molecule has 0 saturated heterocycles. The predicted octanol–water partition coefficient (Wildman–Crippen LogP) is 1.88. The van der Waals surface area contributed by atoms with Crippen LogP contribution in [0.25, 0.3) is 10.9 Å². The highest BCUT2D eigenvalue weighted by molar-refractivity contribution is 5.81. The lowest BCUT2D eigenvalue weighted by molar-refractivity contribution is -0.149. The third-order valence-corrected chi connectivity index (χ3v) is 3.98. The molecule has 140 valence electrons. The van der Waals surface area contributed by atoms with Gasteiger partial charge in [-0.15, -0.1) is 0 Å². The second-order valence-corrected chi connectivity index (χ2v) is 6.80. The van der Waals surface area contributed by atoms with E-state index in [1.54, 1.807) is 24.3 Å². The normalized spacial score (nSPS) is 12.2. The van der Waals surface area contributed by atoms with E-state index in [1.165, 1.54) is 10.9 Å². The molecule has 0 aliphatic carbocycles. The molecule has 7 heteroatoms. The summed E-state index contributed by atoms with van der Waals surface area (Å²) in [4.78, 5) is 40.2. The van der Waals surface area contributed by atoms with Crippen LogP contribution in [0.3, 0.4) is 0 Å². The SMILES string of the molecule is CC(C)CC[C@@H](C)NC(=O)COC(=O)Cn1cnc2ccccc2c1=O. The standard InChI is InChI=1S/C19H25N3O4/c1-13(2)8-9-14(3)21-17(23)11-26-18(24)10-22-12-20-16-7-5-4-6-15(16)19(22)25/h4-7,12-14H,8-11H2,1-3H3,(H,21,23)/t14-/m1/s1. The summed E-state index contributed by atoms with van der Waals surface area (Å²) >= 11 is 0. The summed E-state index contributed by atoms with van der Waals surface area (Å²) in [6, 6.07) is 6.92. The molecule has 0 spiro atoms. The van der Waals surface area contributed by atoms with Crippen LogP contribution in [0.5, 0.6) is 0 Å². The Bertz CT molecular complexity index is 829. The first-order valence-electron chi connectivity index (χ1n) is 8.76. The minimum absolute atomic E-state index is 0.0240. The van der Waals surface area contributed by atoms with Crippen LogP contribution in [0.2, 0.25) is 0 Å². The lowest BCUT2D eigenvalue weighted by Crippen LogP contribution is -2.36. The third-order valence-electron chi connectivity index (χ3n) is 3.98. The van der Waals surface area contributed by atoms with Crippen LogP contribution >= 0.6 is 0 Å². The molecule has 1 aromatic heterocycles. The molecular weight excluding hydrogens is 334 g/mol. The number of carbonyl (C=O) groups is 2. The van der Waals surface area contributed by atoms with Gasteiger partial charge in [-0.1, -0.05) is 26.0 Å². The molecule has 7 nitrogen and oxygen atoms in total. The van der Waals surface area contributed by atoms with Gasteiger partial charge >= 0.3 is 5.97 Å². The number of rotatable bonds is 8. The van der Waals surface area contributed by atoms with Gasteiger partial charge in [-0.25, -0.2) is 4.98 Å². The minimum atomic E-state index is -0.658. The maximum atomic E-state index is 12.3. The van der Waals surface area contributed by atoms with Crippen molar-refractivity contribution >= 4 is 22.8 Å². The maximum absolute atomic E-state index is 12.3. The summed E-state index contributed by atoms with van der Waals surface area (Å²) in [6.45, 7) is 5.52. The summed E-state index contributed by atoms with van der Waals surface area (Å²) < 4.78 is 6.14. The molecule has 2 rings (SSSR count). The highest BCUT2D eigenvalue weighted by Gasteiger charge is 2.13. The Hall–Kier alpha value is -2.70. The summed E-state index contributed by atoms with van der Waals surface area (Å²) in [5, 5.41) is 3.22. The maximum Gasteiger partial charge on any atom is 0.326 e.